The van der Waals surface area contributed by atoms with E-state index in [1.807, 2.05) is 12.1 Å². The van der Waals surface area contributed by atoms with Crippen molar-refractivity contribution in [2.24, 2.45) is 0 Å². The summed E-state index contributed by atoms with van der Waals surface area (Å²) in [6, 6.07) is 6.06. The van der Waals surface area contributed by atoms with E-state index < -0.39 is 0 Å². The molecule has 0 N–H and O–H groups in total. The number of aromatic nitrogens is 2. The fourth-order valence-corrected chi connectivity index (χ4v) is 4.23. The van der Waals surface area contributed by atoms with Crippen LogP contribution in [0.5, 0.6) is 11.5 Å². The maximum absolute atomic E-state index is 5.63. The molecule has 4 rings (SSSR count). The minimum Gasteiger partial charge on any atom is -0.493 e. The van der Waals surface area contributed by atoms with Crippen molar-refractivity contribution in [3.05, 3.63) is 40.8 Å². The van der Waals surface area contributed by atoms with Crippen molar-refractivity contribution >= 4 is 5.82 Å². The Bertz CT molecular complexity index is 881. The van der Waals surface area contributed by atoms with E-state index >= 15 is 0 Å². The predicted molar refractivity (Wildman–Crippen MR) is 117 cm³/mol. The van der Waals surface area contributed by atoms with Gasteiger partial charge in [0.1, 0.15) is 11.6 Å². The number of morpholine rings is 1. The highest BCUT2D eigenvalue weighted by molar-refractivity contribution is 5.51. The molecule has 2 aromatic rings. The standard InChI is InChI=1S/C23H32N4O3/c1-16(2)22-24-19-15-26(14-17-6-5-7-20(28-3)21(17)29-4)9-8-18(19)23(25-22)27-10-12-30-13-11-27/h5-7,16H,8-15H2,1-4H3. The molecule has 0 radical (unpaired) electrons. The average Bonchev–Trinajstić information content (AvgIpc) is 2.78. The van der Waals surface area contributed by atoms with Crippen LogP contribution in [0.25, 0.3) is 0 Å². The van der Waals surface area contributed by atoms with Gasteiger partial charge in [-0.1, -0.05) is 26.0 Å². The van der Waals surface area contributed by atoms with Gasteiger partial charge in [0.15, 0.2) is 11.5 Å². The second kappa shape index (κ2) is 9.18. The average molecular weight is 413 g/mol. The van der Waals surface area contributed by atoms with Gasteiger partial charge in [-0.05, 0) is 12.5 Å². The number of nitrogens with zero attached hydrogens (tertiary/aromatic N) is 4. The van der Waals surface area contributed by atoms with Crippen LogP contribution in [0.4, 0.5) is 5.82 Å². The summed E-state index contributed by atoms with van der Waals surface area (Å²) in [5.74, 6) is 3.92. The van der Waals surface area contributed by atoms with Crippen molar-refractivity contribution in [2.75, 3.05) is 52.0 Å². The molecule has 0 amide bonds. The predicted octanol–water partition coefficient (Wildman–Crippen LogP) is 3.01. The molecule has 1 aromatic carbocycles. The molecule has 7 nitrogen and oxygen atoms in total. The first kappa shape index (κ1) is 20.9. The van der Waals surface area contributed by atoms with Crippen LogP contribution in [-0.4, -0.2) is 61.9 Å². The van der Waals surface area contributed by atoms with Gasteiger partial charge in [0.2, 0.25) is 0 Å². The van der Waals surface area contributed by atoms with Crippen LogP contribution in [-0.2, 0) is 24.2 Å². The second-order valence-corrected chi connectivity index (χ2v) is 8.20. The van der Waals surface area contributed by atoms with E-state index in [2.05, 4.69) is 29.7 Å². The van der Waals surface area contributed by atoms with Gasteiger partial charge in [-0.2, -0.15) is 0 Å². The lowest BCUT2D eigenvalue weighted by Crippen LogP contribution is -2.39. The highest BCUT2D eigenvalue weighted by atomic mass is 16.5. The minimum absolute atomic E-state index is 0.295. The maximum Gasteiger partial charge on any atom is 0.165 e. The van der Waals surface area contributed by atoms with Gasteiger partial charge in [0, 0.05) is 49.8 Å². The number of fused-ring (bicyclic) bond motifs is 1. The molecule has 0 spiro atoms. The molecule has 2 aliphatic rings. The van der Waals surface area contributed by atoms with Crippen molar-refractivity contribution in [2.45, 2.75) is 39.3 Å². The quantitative estimate of drug-likeness (QED) is 0.723. The van der Waals surface area contributed by atoms with Crippen LogP contribution in [0.2, 0.25) is 0 Å². The summed E-state index contributed by atoms with van der Waals surface area (Å²) in [4.78, 5) is 14.7. The molecule has 0 aliphatic carbocycles. The lowest BCUT2D eigenvalue weighted by molar-refractivity contribution is 0.122. The monoisotopic (exact) mass is 412 g/mol. The van der Waals surface area contributed by atoms with E-state index in [0.29, 0.717) is 5.92 Å². The van der Waals surface area contributed by atoms with E-state index in [1.165, 1.54) is 5.56 Å². The fraction of sp³-hybridized carbons (Fsp3) is 0.565. The lowest BCUT2D eigenvalue weighted by atomic mass is 10.0. The number of para-hydroxylation sites is 1. The van der Waals surface area contributed by atoms with Crippen LogP contribution in [0.15, 0.2) is 18.2 Å². The van der Waals surface area contributed by atoms with Gasteiger partial charge >= 0.3 is 0 Å². The third-order valence-corrected chi connectivity index (χ3v) is 5.85. The molecule has 162 valence electrons. The summed E-state index contributed by atoms with van der Waals surface area (Å²) in [6.07, 6.45) is 0.951. The van der Waals surface area contributed by atoms with E-state index in [1.54, 1.807) is 14.2 Å². The first-order valence-electron chi connectivity index (χ1n) is 10.7. The molecule has 0 atom stereocenters. The van der Waals surface area contributed by atoms with Gasteiger partial charge in [0.05, 0.1) is 33.1 Å². The number of hydrogen-bond donors (Lipinski definition) is 0. The molecule has 3 heterocycles. The Morgan fingerprint density at radius 3 is 2.57 bits per heavy atom. The largest absolute Gasteiger partial charge is 0.493 e. The number of hydrogen-bond acceptors (Lipinski definition) is 7. The van der Waals surface area contributed by atoms with E-state index in [0.717, 1.165) is 86.8 Å². The van der Waals surface area contributed by atoms with Crippen LogP contribution < -0.4 is 14.4 Å². The van der Waals surface area contributed by atoms with Gasteiger partial charge in [-0.25, -0.2) is 9.97 Å². The molecular formula is C23H32N4O3. The number of anilines is 1. The molecule has 0 bridgehead atoms. The zero-order chi connectivity index (χ0) is 21.1. The van der Waals surface area contributed by atoms with Crippen molar-refractivity contribution in [1.29, 1.82) is 0 Å². The van der Waals surface area contributed by atoms with Crippen LogP contribution in [0.1, 0.15) is 42.4 Å². The molecular weight excluding hydrogens is 380 g/mol. The van der Waals surface area contributed by atoms with Crippen LogP contribution in [0.3, 0.4) is 0 Å². The molecule has 1 aromatic heterocycles. The summed E-state index contributed by atoms with van der Waals surface area (Å²) < 4.78 is 16.7. The number of methoxy groups -OCH3 is 2. The fourth-order valence-electron chi connectivity index (χ4n) is 4.23. The smallest absolute Gasteiger partial charge is 0.165 e. The Kier molecular flexibility index (Phi) is 6.39. The Morgan fingerprint density at radius 1 is 1.07 bits per heavy atom. The Labute approximate surface area is 179 Å². The second-order valence-electron chi connectivity index (χ2n) is 8.20. The molecule has 1 saturated heterocycles. The normalized spacial score (nSPS) is 17.2. The van der Waals surface area contributed by atoms with Gasteiger partial charge in [-0.3, -0.25) is 4.90 Å². The van der Waals surface area contributed by atoms with E-state index in [9.17, 15) is 0 Å². The zero-order valence-electron chi connectivity index (χ0n) is 18.5. The SMILES string of the molecule is COc1cccc(CN2CCc3c(nc(C(C)C)nc3N3CCOCC3)C2)c1OC. The molecule has 1 fully saturated rings. The lowest BCUT2D eigenvalue weighted by Gasteiger charge is -2.34. The van der Waals surface area contributed by atoms with Crippen molar-refractivity contribution in [3.8, 4) is 11.5 Å². The maximum atomic E-state index is 5.63. The summed E-state index contributed by atoms with van der Waals surface area (Å²) in [6.45, 7) is 10.2. The first-order valence-corrected chi connectivity index (χ1v) is 10.7. The molecule has 2 aliphatic heterocycles. The van der Waals surface area contributed by atoms with Crippen molar-refractivity contribution in [3.63, 3.8) is 0 Å². The summed E-state index contributed by atoms with van der Waals surface area (Å²) >= 11 is 0. The third-order valence-electron chi connectivity index (χ3n) is 5.85. The molecule has 0 unspecified atom stereocenters. The van der Waals surface area contributed by atoms with Crippen molar-refractivity contribution < 1.29 is 14.2 Å². The highest BCUT2D eigenvalue weighted by Gasteiger charge is 2.27. The first-order chi connectivity index (χ1) is 14.6. The van der Waals surface area contributed by atoms with Gasteiger partial charge in [-0.15, -0.1) is 0 Å². The Morgan fingerprint density at radius 2 is 1.87 bits per heavy atom. The molecule has 30 heavy (non-hydrogen) atoms. The molecule has 7 heteroatoms. The van der Waals surface area contributed by atoms with Gasteiger partial charge in [0.25, 0.3) is 0 Å². The number of benzene rings is 1. The summed E-state index contributed by atoms with van der Waals surface area (Å²) in [5.41, 5.74) is 3.59. The van der Waals surface area contributed by atoms with Crippen LogP contribution >= 0.6 is 0 Å². The number of rotatable bonds is 6. The summed E-state index contributed by atoms with van der Waals surface area (Å²) in [7, 11) is 3.37. The number of ether oxygens (including phenoxy) is 3. The van der Waals surface area contributed by atoms with E-state index in [-0.39, 0.29) is 0 Å². The van der Waals surface area contributed by atoms with E-state index in [4.69, 9.17) is 24.2 Å². The van der Waals surface area contributed by atoms with Crippen molar-refractivity contribution in [1.82, 2.24) is 14.9 Å². The summed E-state index contributed by atoms with van der Waals surface area (Å²) in [5, 5.41) is 0. The zero-order valence-corrected chi connectivity index (χ0v) is 18.5. The van der Waals surface area contributed by atoms with Gasteiger partial charge < -0.3 is 19.1 Å². The Balaban J connectivity index is 1.61. The minimum atomic E-state index is 0.295. The Hall–Kier alpha value is -2.38. The highest BCUT2D eigenvalue weighted by Crippen LogP contribution is 2.34. The molecule has 0 saturated carbocycles. The van der Waals surface area contributed by atoms with Crippen LogP contribution in [0, 0.1) is 0 Å². The topological polar surface area (TPSA) is 60.0 Å². The third kappa shape index (κ3) is 4.23.